The first-order chi connectivity index (χ1) is 10.0. The van der Waals surface area contributed by atoms with Crippen molar-refractivity contribution in [3.63, 3.8) is 0 Å². The van der Waals surface area contributed by atoms with E-state index in [1.807, 2.05) is 0 Å². The van der Waals surface area contributed by atoms with Crippen molar-refractivity contribution < 1.29 is 4.39 Å². The van der Waals surface area contributed by atoms with Gasteiger partial charge in [-0.25, -0.2) is 4.39 Å². The normalized spacial score (nSPS) is 13.0. The Bertz CT molecular complexity index is 758. The van der Waals surface area contributed by atoms with Crippen LogP contribution in [-0.4, -0.2) is 0 Å². The van der Waals surface area contributed by atoms with Crippen LogP contribution >= 0.6 is 11.3 Å². The van der Waals surface area contributed by atoms with Gasteiger partial charge in [0.2, 0.25) is 0 Å². The molecule has 0 fully saturated rings. The zero-order valence-corrected chi connectivity index (χ0v) is 13.0. The molecule has 2 N–H and O–H groups in total. The second kappa shape index (κ2) is 5.58. The van der Waals surface area contributed by atoms with Crippen molar-refractivity contribution in [2.45, 2.75) is 25.8 Å². The van der Waals surface area contributed by atoms with Gasteiger partial charge in [0.1, 0.15) is 5.82 Å². The van der Waals surface area contributed by atoms with E-state index >= 15 is 0 Å². The van der Waals surface area contributed by atoms with Crippen LogP contribution < -0.4 is 5.73 Å². The molecule has 3 rings (SSSR count). The van der Waals surface area contributed by atoms with Gasteiger partial charge in [0, 0.05) is 9.58 Å². The molecule has 1 aromatic heterocycles. The van der Waals surface area contributed by atoms with Gasteiger partial charge in [-0.2, -0.15) is 0 Å². The highest BCUT2D eigenvalue weighted by atomic mass is 32.1. The lowest BCUT2D eigenvalue weighted by atomic mass is 9.99. The Morgan fingerprint density at radius 1 is 0.952 bits per heavy atom. The smallest absolute Gasteiger partial charge is 0.124 e. The number of rotatable bonds is 3. The van der Waals surface area contributed by atoms with E-state index in [-0.39, 0.29) is 11.9 Å². The Morgan fingerprint density at radius 3 is 2.29 bits per heavy atom. The minimum Gasteiger partial charge on any atom is -0.320 e. The van der Waals surface area contributed by atoms with Gasteiger partial charge in [-0.05, 0) is 40.6 Å². The minimum atomic E-state index is -0.203. The van der Waals surface area contributed by atoms with Gasteiger partial charge in [0.15, 0.2) is 0 Å². The van der Waals surface area contributed by atoms with Crippen molar-refractivity contribution in [3.05, 3.63) is 70.4 Å². The molecule has 0 aliphatic carbocycles. The van der Waals surface area contributed by atoms with Gasteiger partial charge in [-0.1, -0.05) is 44.2 Å². The summed E-state index contributed by atoms with van der Waals surface area (Å²) in [5.74, 6) is 0.313. The van der Waals surface area contributed by atoms with Crippen molar-refractivity contribution >= 4 is 21.4 Å². The van der Waals surface area contributed by atoms with Crippen LogP contribution in [0.4, 0.5) is 4.39 Å². The third-order valence-corrected chi connectivity index (χ3v) is 4.95. The van der Waals surface area contributed by atoms with Gasteiger partial charge in [0.05, 0.1) is 6.04 Å². The first kappa shape index (κ1) is 14.2. The molecule has 3 heteroatoms. The molecule has 0 aliphatic rings. The molecular weight excluding hydrogens is 281 g/mol. The lowest BCUT2D eigenvalue weighted by Crippen LogP contribution is -2.10. The maximum Gasteiger partial charge on any atom is 0.124 e. The Kier molecular flexibility index (Phi) is 3.79. The van der Waals surface area contributed by atoms with Crippen LogP contribution in [0.2, 0.25) is 0 Å². The summed E-state index contributed by atoms with van der Waals surface area (Å²) in [6.07, 6.45) is 0. The van der Waals surface area contributed by atoms with E-state index in [1.54, 1.807) is 23.5 Å². The van der Waals surface area contributed by atoms with Crippen LogP contribution in [0.3, 0.4) is 0 Å². The maximum atomic E-state index is 13.3. The van der Waals surface area contributed by atoms with Gasteiger partial charge < -0.3 is 5.73 Å². The average Bonchev–Trinajstić information content (AvgIpc) is 2.89. The molecule has 0 saturated heterocycles. The Labute approximate surface area is 128 Å². The fraction of sp³-hybridized carbons (Fsp3) is 0.222. The van der Waals surface area contributed by atoms with E-state index in [2.05, 4.69) is 44.2 Å². The highest BCUT2D eigenvalue weighted by Crippen LogP contribution is 2.32. The molecule has 0 saturated carbocycles. The molecule has 0 aliphatic heterocycles. The van der Waals surface area contributed by atoms with Crippen molar-refractivity contribution in [2.24, 2.45) is 5.73 Å². The Morgan fingerprint density at radius 2 is 1.62 bits per heavy atom. The first-order valence-corrected chi connectivity index (χ1v) is 7.90. The molecule has 1 unspecified atom stereocenters. The van der Waals surface area contributed by atoms with Crippen LogP contribution in [0.25, 0.3) is 10.1 Å². The lowest BCUT2D eigenvalue weighted by Gasteiger charge is -2.12. The standard InChI is InChI=1S/C18H18FNS/c1-11(2)12-3-5-13(6-4-12)18(20)17-9-14-7-8-15(19)10-16(14)21-17/h3-11,18H,20H2,1-2H3. The molecule has 3 aromatic rings. The number of thiophene rings is 1. The number of halogens is 1. The van der Waals surface area contributed by atoms with Gasteiger partial charge in [0.25, 0.3) is 0 Å². The summed E-state index contributed by atoms with van der Waals surface area (Å²) in [7, 11) is 0. The van der Waals surface area contributed by atoms with E-state index < -0.39 is 0 Å². The molecule has 0 radical (unpaired) electrons. The summed E-state index contributed by atoms with van der Waals surface area (Å²) >= 11 is 1.56. The van der Waals surface area contributed by atoms with E-state index in [0.29, 0.717) is 5.92 Å². The maximum absolute atomic E-state index is 13.3. The molecule has 1 heterocycles. The van der Waals surface area contributed by atoms with Crippen molar-refractivity contribution in [1.29, 1.82) is 0 Å². The van der Waals surface area contributed by atoms with Gasteiger partial charge >= 0.3 is 0 Å². The molecule has 108 valence electrons. The summed E-state index contributed by atoms with van der Waals surface area (Å²) in [6.45, 7) is 4.35. The SMILES string of the molecule is CC(C)c1ccc(C(N)c2cc3ccc(F)cc3s2)cc1. The molecule has 1 atom stereocenters. The third-order valence-electron chi connectivity index (χ3n) is 3.77. The monoisotopic (exact) mass is 299 g/mol. The molecule has 0 bridgehead atoms. The summed E-state index contributed by atoms with van der Waals surface area (Å²) in [5.41, 5.74) is 8.76. The van der Waals surface area contributed by atoms with E-state index in [4.69, 9.17) is 5.73 Å². The van der Waals surface area contributed by atoms with Crippen molar-refractivity contribution in [2.75, 3.05) is 0 Å². The molecule has 2 aromatic carbocycles. The Balaban J connectivity index is 1.93. The summed E-state index contributed by atoms with van der Waals surface area (Å²) in [5, 5.41) is 1.05. The van der Waals surface area contributed by atoms with Crippen molar-refractivity contribution in [1.82, 2.24) is 0 Å². The number of benzene rings is 2. The van der Waals surface area contributed by atoms with Crippen LogP contribution in [-0.2, 0) is 0 Å². The lowest BCUT2D eigenvalue weighted by molar-refractivity contribution is 0.630. The van der Waals surface area contributed by atoms with Crippen LogP contribution in [0.15, 0.2) is 48.5 Å². The molecule has 0 spiro atoms. The van der Waals surface area contributed by atoms with E-state index in [9.17, 15) is 4.39 Å². The number of hydrogen-bond donors (Lipinski definition) is 1. The summed E-state index contributed by atoms with van der Waals surface area (Å²) in [4.78, 5) is 1.06. The first-order valence-electron chi connectivity index (χ1n) is 7.09. The van der Waals surface area contributed by atoms with Crippen molar-refractivity contribution in [3.8, 4) is 0 Å². The third kappa shape index (κ3) is 2.85. The van der Waals surface area contributed by atoms with Gasteiger partial charge in [-0.3, -0.25) is 0 Å². The minimum absolute atomic E-state index is 0.160. The quantitative estimate of drug-likeness (QED) is 0.705. The number of fused-ring (bicyclic) bond motifs is 1. The zero-order valence-electron chi connectivity index (χ0n) is 12.1. The average molecular weight is 299 g/mol. The van der Waals surface area contributed by atoms with E-state index in [1.165, 1.54) is 11.6 Å². The highest BCUT2D eigenvalue weighted by Gasteiger charge is 2.13. The highest BCUT2D eigenvalue weighted by molar-refractivity contribution is 7.19. The summed E-state index contributed by atoms with van der Waals surface area (Å²) in [6, 6.07) is 15.2. The predicted molar refractivity (Wildman–Crippen MR) is 88.3 cm³/mol. The molecule has 21 heavy (non-hydrogen) atoms. The molecule has 1 nitrogen and oxygen atoms in total. The fourth-order valence-electron chi connectivity index (χ4n) is 2.43. The topological polar surface area (TPSA) is 26.0 Å². The second-order valence-corrected chi connectivity index (χ2v) is 6.75. The Hall–Kier alpha value is -1.71. The van der Waals surface area contributed by atoms with Crippen LogP contribution in [0, 0.1) is 5.82 Å². The van der Waals surface area contributed by atoms with Crippen LogP contribution in [0.1, 0.15) is 41.8 Å². The van der Waals surface area contributed by atoms with Crippen LogP contribution in [0.5, 0.6) is 0 Å². The fourth-order valence-corrected chi connectivity index (χ4v) is 3.55. The van der Waals surface area contributed by atoms with E-state index in [0.717, 1.165) is 20.5 Å². The summed E-state index contributed by atoms with van der Waals surface area (Å²) < 4.78 is 14.2. The number of nitrogens with two attached hydrogens (primary N) is 1. The predicted octanol–water partition coefficient (Wildman–Crippen LogP) is 5.21. The molecule has 0 amide bonds. The largest absolute Gasteiger partial charge is 0.320 e. The zero-order chi connectivity index (χ0) is 15.0. The second-order valence-electron chi connectivity index (χ2n) is 5.63. The number of hydrogen-bond acceptors (Lipinski definition) is 2. The molecular formula is C18H18FNS. The van der Waals surface area contributed by atoms with Gasteiger partial charge in [-0.15, -0.1) is 11.3 Å².